The molecule has 2 aromatic heterocycles. The molecule has 0 aliphatic carbocycles. The fraction of sp³-hybridized carbons (Fsp3) is 0. The van der Waals surface area contributed by atoms with Crippen molar-refractivity contribution in [3.8, 4) is 0 Å². The zero-order chi connectivity index (χ0) is 9.97. The topological polar surface area (TPSA) is 37.3 Å². The van der Waals surface area contributed by atoms with Crippen molar-refractivity contribution in [3.05, 3.63) is 34.5 Å². The van der Waals surface area contributed by atoms with Gasteiger partial charge in [-0.3, -0.25) is 0 Å². The molecule has 1 N–H and O–H groups in total. The quantitative estimate of drug-likeness (QED) is 0.892. The highest BCUT2D eigenvalue weighted by atomic mass is 32.2. The number of hydrogen-bond acceptors (Lipinski definition) is 4. The molecule has 5 heteroatoms. The monoisotopic (exact) mass is 242 g/mol. The summed E-state index contributed by atoms with van der Waals surface area (Å²) >= 11 is 4.57. The summed E-state index contributed by atoms with van der Waals surface area (Å²) in [5.74, 6) is -0.854. The molecular weight excluding hydrogens is 236 g/mol. The van der Waals surface area contributed by atoms with Crippen LogP contribution in [-0.2, 0) is 0 Å². The molecule has 0 aliphatic heterocycles. The lowest BCUT2D eigenvalue weighted by molar-refractivity contribution is 0.0702. The second-order valence-electron chi connectivity index (χ2n) is 2.46. The normalized spacial score (nSPS) is 10.3. The lowest BCUT2D eigenvalue weighted by atomic mass is 10.5. The molecular formula is C9H6O2S3. The van der Waals surface area contributed by atoms with Gasteiger partial charge in [0.05, 0.1) is 8.42 Å². The first-order valence-corrected chi connectivity index (χ1v) is 6.31. The zero-order valence-corrected chi connectivity index (χ0v) is 9.42. The van der Waals surface area contributed by atoms with Crippen LogP contribution in [0, 0.1) is 0 Å². The fourth-order valence-electron chi connectivity index (χ4n) is 0.911. The number of carboxylic acids is 1. The highest BCUT2D eigenvalue weighted by molar-refractivity contribution is 8.02. The average molecular weight is 242 g/mol. The van der Waals surface area contributed by atoms with E-state index in [2.05, 4.69) is 0 Å². The van der Waals surface area contributed by atoms with Crippen LogP contribution < -0.4 is 0 Å². The fourth-order valence-corrected chi connectivity index (χ4v) is 3.91. The van der Waals surface area contributed by atoms with Crippen LogP contribution in [0.2, 0.25) is 0 Å². The van der Waals surface area contributed by atoms with E-state index in [9.17, 15) is 4.79 Å². The van der Waals surface area contributed by atoms with Crippen molar-refractivity contribution in [2.24, 2.45) is 0 Å². The summed E-state index contributed by atoms with van der Waals surface area (Å²) in [6.07, 6.45) is 0. The Morgan fingerprint density at radius 3 is 2.71 bits per heavy atom. The molecule has 2 nitrogen and oxygen atoms in total. The van der Waals surface area contributed by atoms with Crippen molar-refractivity contribution in [1.29, 1.82) is 0 Å². The summed E-state index contributed by atoms with van der Waals surface area (Å²) in [4.78, 5) is 11.0. The van der Waals surface area contributed by atoms with Gasteiger partial charge in [0.15, 0.2) is 0 Å². The lowest BCUT2D eigenvalue weighted by Crippen LogP contribution is -1.89. The third-order valence-corrected chi connectivity index (χ3v) is 4.73. The molecule has 0 radical (unpaired) electrons. The predicted molar refractivity (Wildman–Crippen MR) is 59.7 cm³/mol. The van der Waals surface area contributed by atoms with E-state index in [1.54, 1.807) is 29.2 Å². The van der Waals surface area contributed by atoms with Crippen LogP contribution in [0.25, 0.3) is 0 Å². The summed E-state index contributed by atoms with van der Waals surface area (Å²) in [6, 6.07) is 7.50. The first-order chi connectivity index (χ1) is 6.75. The van der Waals surface area contributed by atoms with E-state index >= 15 is 0 Å². The van der Waals surface area contributed by atoms with Gasteiger partial charge < -0.3 is 5.11 Å². The predicted octanol–water partition coefficient (Wildman–Crippen LogP) is 3.66. The molecule has 0 aliphatic rings. The third kappa shape index (κ3) is 2.17. The molecule has 0 atom stereocenters. The SMILES string of the molecule is O=C(O)c1ccc(Sc2cccs2)s1. The maximum Gasteiger partial charge on any atom is 0.345 e. The van der Waals surface area contributed by atoms with Gasteiger partial charge in [-0.1, -0.05) is 17.8 Å². The third-order valence-electron chi connectivity index (χ3n) is 1.49. The van der Waals surface area contributed by atoms with Gasteiger partial charge in [-0.05, 0) is 23.6 Å². The first kappa shape index (κ1) is 9.76. The molecule has 0 aromatic carbocycles. The number of carboxylic acid groups (broad SMARTS) is 1. The molecule has 0 fully saturated rings. The molecule has 14 heavy (non-hydrogen) atoms. The molecule has 72 valence electrons. The minimum Gasteiger partial charge on any atom is -0.477 e. The van der Waals surface area contributed by atoms with E-state index in [1.807, 2.05) is 23.6 Å². The minimum absolute atomic E-state index is 0.393. The van der Waals surface area contributed by atoms with Gasteiger partial charge in [-0.25, -0.2) is 4.79 Å². The lowest BCUT2D eigenvalue weighted by Gasteiger charge is -1.90. The van der Waals surface area contributed by atoms with Crippen LogP contribution >= 0.6 is 34.4 Å². The molecule has 0 saturated carbocycles. The summed E-state index contributed by atoms with van der Waals surface area (Å²) in [6.45, 7) is 0. The Morgan fingerprint density at radius 1 is 1.29 bits per heavy atom. The molecule has 0 amide bonds. The highest BCUT2D eigenvalue weighted by Gasteiger charge is 2.07. The summed E-state index contributed by atoms with van der Waals surface area (Å²) in [5, 5.41) is 10.7. The van der Waals surface area contributed by atoms with Crippen molar-refractivity contribution < 1.29 is 9.90 Å². The molecule has 2 heterocycles. The van der Waals surface area contributed by atoms with Gasteiger partial charge in [-0.15, -0.1) is 22.7 Å². The van der Waals surface area contributed by atoms with Crippen molar-refractivity contribution in [1.82, 2.24) is 0 Å². The second kappa shape index (κ2) is 4.16. The van der Waals surface area contributed by atoms with Crippen LogP contribution in [0.3, 0.4) is 0 Å². The van der Waals surface area contributed by atoms with E-state index < -0.39 is 5.97 Å². The number of carbonyl (C=O) groups is 1. The number of aromatic carboxylic acids is 1. The van der Waals surface area contributed by atoms with E-state index in [1.165, 1.54) is 15.5 Å². The van der Waals surface area contributed by atoms with Gasteiger partial charge in [0.1, 0.15) is 4.88 Å². The molecule has 0 bridgehead atoms. The van der Waals surface area contributed by atoms with Crippen molar-refractivity contribution in [3.63, 3.8) is 0 Å². The molecule has 0 unspecified atom stereocenters. The zero-order valence-electron chi connectivity index (χ0n) is 6.97. The van der Waals surface area contributed by atoms with Crippen LogP contribution in [0.4, 0.5) is 0 Å². The van der Waals surface area contributed by atoms with Crippen LogP contribution in [0.15, 0.2) is 38.1 Å². The van der Waals surface area contributed by atoms with E-state index in [-0.39, 0.29) is 0 Å². The van der Waals surface area contributed by atoms with Crippen LogP contribution in [0.1, 0.15) is 9.67 Å². The number of rotatable bonds is 3. The van der Waals surface area contributed by atoms with Crippen molar-refractivity contribution in [2.75, 3.05) is 0 Å². The molecule has 0 saturated heterocycles. The molecule has 2 aromatic rings. The maximum absolute atomic E-state index is 10.6. The van der Waals surface area contributed by atoms with Crippen molar-refractivity contribution >= 4 is 40.4 Å². The Bertz CT molecular complexity index is 431. The molecule has 2 rings (SSSR count). The van der Waals surface area contributed by atoms with Gasteiger partial charge in [0.25, 0.3) is 0 Å². The van der Waals surface area contributed by atoms with E-state index in [4.69, 9.17) is 5.11 Å². The van der Waals surface area contributed by atoms with E-state index in [0.29, 0.717) is 4.88 Å². The smallest absolute Gasteiger partial charge is 0.345 e. The Morgan fingerprint density at radius 2 is 2.14 bits per heavy atom. The van der Waals surface area contributed by atoms with Gasteiger partial charge in [0, 0.05) is 0 Å². The second-order valence-corrected chi connectivity index (χ2v) is 6.09. The molecule has 0 spiro atoms. The summed E-state index contributed by atoms with van der Waals surface area (Å²) in [7, 11) is 0. The average Bonchev–Trinajstić information content (AvgIpc) is 2.75. The van der Waals surface area contributed by atoms with Crippen LogP contribution in [-0.4, -0.2) is 11.1 Å². The van der Waals surface area contributed by atoms with Crippen LogP contribution in [0.5, 0.6) is 0 Å². The maximum atomic E-state index is 10.6. The Kier molecular flexibility index (Phi) is 2.90. The largest absolute Gasteiger partial charge is 0.477 e. The van der Waals surface area contributed by atoms with Gasteiger partial charge >= 0.3 is 5.97 Å². The standard InChI is InChI=1S/C9H6O2S3/c10-9(11)6-3-4-8(13-6)14-7-2-1-5-12-7/h1-5H,(H,10,11). The highest BCUT2D eigenvalue weighted by Crippen LogP contribution is 2.35. The van der Waals surface area contributed by atoms with Gasteiger partial charge in [0.2, 0.25) is 0 Å². The van der Waals surface area contributed by atoms with Crippen molar-refractivity contribution in [2.45, 2.75) is 8.42 Å². The first-order valence-electron chi connectivity index (χ1n) is 3.80. The minimum atomic E-state index is -0.854. The summed E-state index contributed by atoms with van der Waals surface area (Å²) in [5.41, 5.74) is 0. The van der Waals surface area contributed by atoms with Gasteiger partial charge in [-0.2, -0.15) is 0 Å². The Balaban J connectivity index is 2.14. The number of thiophene rings is 2. The Labute approximate surface area is 93.2 Å². The number of hydrogen-bond donors (Lipinski definition) is 1. The summed E-state index contributed by atoms with van der Waals surface area (Å²) < 4.78 is 2.20. The van der Waals surface area contributed by atoms with E-state index in [0.717, 1.165) is 4.21 Å². The Hall–Kier alpha value is -0.780.